The summed E-state index contributed by atoms with van der Waals surface area (Å²) in [5, 5.41) is 0.230. The summed E-state index contributed by atoms with van der Waals surface area (Å²) in [6.45, 7) is 0. The minimum atomic E-state index is -4.85. The van der Waals surface area contributed by atoms with Crippen molar-refractivity contribution < 1.29 is 21.6 Å². The van der Waals surface area contributed by atoms with Gasteiger partial charge >= 0.3 is 6.18 Å². The lowest BCUT2D eigenvalue weighted by Gasteiger charge is -2.29. The second-order valence-electron chi connectivity index (χ2n) is 5.33. The Morgan fingerprint density at radius 3 is 2.16 bits per heavy atom. The molecule has 0 N–H and O–H groups in total. The Hall–Kier alpha value is -1.84. The molecule has 0 bridgehead atoms. The fraction of sp³-hybridized carbons (Fsp3) is 0.267. The molecule has 0 aliphatic rings. The van der Waals surface area contributed by atoms with Gasteiger partial charge in [0.25, 0.3) is 0 Å². The van der Waals surface area contributed by atoms with Crippen LogP contribution in [0.15, 0.2) is 52.3 Å². The molecule has 0 unspecified atom stereocenters. The van der Waals surface area contributed by atoms with Crippen LogP contribution in [0.25, 0.3) is 0 Å². The Morgan fingerprint density at radius 2 is 1.68 bits per heavy atom. The molecule has 1 atom stereocenters. The summed E-state index contributed by atoms with van der Waals surface area (Å²) in [6, 6.07) is 4.30. The van der Waals surface area contributed by atoms with Gasteiger partial charge in [0, 0.05) is 31.4 Å². The van der Waals surface area contributed by atoms with Crippen LogP contribution in [-0.4, -0.2) is 30.5 Å². The maximum absolute atomic E-state index is 13.6. The monoisotopic (exact) mass is 394 g/mol. The van der Waals surface area contributed by atoms with Gasteiger partial charge in [-0.1, -0.05) is 23.7 Å². The number of aryl methyl sites for hydroxylation is 1. The fourth-order valence-electron chi connectivity index (χ4n) is 2.28. The number of benzene rings is 1. The average molecular weight is 395 g/mol. The maximum atomic E-state index is 13.6. The molecule has 0 spiro atoms. The SMILES string of the molecule is CN([C@H](c1ccc(Cl)cc1)C(F)(F)F)S(=O)(=O)c1ccc(=O)n(C)c1. The van der Waals surface area contributed by atoms with E-state index in [1.807, 2.05) is 0 Å². The molecular formula is C15H14ClF3N2O3S. The molecule has 1 aromatic carbocycles. The van der Waals surface area contributed by atoms with E-state index in [-0.39, 0.29) is 14.9 Å². The first-order chi connectivity index (χ1) is 11.4. The summed E-state index contributed by atoms with van der Waals surface area (Å²) in [6.07, 6.45) is -3.88. The molecule has 0 saturated heterocycles. The lowest BCUT2D eigenvalue weighted by molar-refractivity contribution is -0.171. The third-order valence-corrected chi connectivity index (χ3v) is 5.65. The second-order valence-corrected chi connectivity index (χ2v) is 7.76. The Morgan fingerprint density at radius 1 is 1.12 bits per heavy atom. The highest BCUT2D eigenvalue weighted by Gasteiger charge is 2.47. The predicted octanol–water partition coefficient (Wildman–Crippen LogP) is 2.96. The van der Waals surface area contributed by atoms with E-state index in [9.17, 15) is 26.4 Å². The first kappa shape index (κ1) is 19.5. The van der Waals surface area contributed by atoms with Gasteiger partial charge in [0.05, 0.1) is 4.90 Å². The van der Waals surface area contributed by atoms with Crippen molar-refractivity contribution in [1.29, 1.82) is 0 Å². The van der Waals surface area contributed by atoms with Gasteiger partial charge in [-0.2, -0.15) is 17.5 Å². The van der Waals surface area contributed by atoms with Gasteiger partial charge in [0.2, 0.25) is 15.6 Å². The van der Waals surface area contributed by atoms with Gasteiger partial charge in [-0.3, -0.25) is 4.79 Å². The van der Waals surface area contributed by atoms with Gasteiger partial charge in [-0.25, -0.2) is 8.42 Å². The van der Waals surface area contributed by atoms with Gasteiger partial charge in [0.1, 0.15) is 6.04 Å². The largest absolute Gasteiger partial charge is 0.409 e. The second kappa shape index (κ2) is 6.81. The molecule has 0 radical (unpaired) electrons. The number of sulfonamides is 1. The summed E-state index contributed by atoms with van der Waals surface area (Å²) in [4.78, 5) is 11.0. The first-order valence-electron chi connectivity index (χ1n) is 6.91. The average Bonchev–Trinajstić information content (AvgIpc) is 2.50. The lowest BCUT2D eigenvalue weighted by Crippen LogP contribution is -2.40. The summed E-state index contributed by atoms with van der Waals surface area (Å²) < 4.78 is 67.1. The molecule has 0 aliphatic carbocycles. The highest BCUT2D eigenvalue weighted by atomic mass is 35.5. The van der Waals surface area contributed by atoms with Crippen LogP contribution in [-0.2, 0) is 17.1 Å². The van der Waals surface area contributed by atoms with Crippen LogP contribution in [0.1, 0.15) is 11.6 Å². The highest BCUT2D eigenvalue weighted by Crippen LogP contribution is 2.39. The van der Waals surface area contributed by atoms with Gasteiger partial charge < -0.3 is 4.57 Å². The van der Waals surface area contributed by atoms with Crippen molar-refractivity contribution in [3.63, 3.8) is 0 Å². The number of pyridine rings is 1. The zero-order valence-corrected chi connectivity index (χ0v) is 14.7. The number of alkyl halides is 3. The molecule has 0 saturated carbocycles. The van der Waals surface area contributed by atoms with Crippen molar-refractivity contribution in [3.8, 4) is 0 Å². The number of hydrogen-bond donors (Lipinski definition) is 0. The van der Waals surface area contributed by atoms with Crippen LogP contribution in [0.4, 0.5) is 13.2 Å². The third-order valence-electron chi connectivity index (χ3n) is 3.60. The molecule has 5 nitrogen and oxygen atoms in total. The van der Waals surface area contributed by atoms with E-state index in [0.717, 1.165) is 42.1 Å². The Labute approximate surface area is 147 Å². The summed E-state index contributed by atoms with van der Waals surface area (Å²) in [5.74, 6) is 0. The van der Waals surface area contributed by atoms with E-state index in [2.05, 4.69) is 0 Å². The van der Waals surface area contributed by atoms with Crippen LogP contribution < -0.4 is 5.56 Å². The summed E-state index contributed by atoms with van der Waals surface area (Å²) in [7, 11) is -2.35. The number of aromatic nitrogens is 1. The topological polar surface area (TPSA) is 59.4 Å². The minimum absolute atomic E-state index is 0.230. The zero-order chi connectivity index (χ0) is 19.0. The van der Waals surface area contributed by atoms with Gasteiger partial charge in [-0.15, -0.1) is 0 Å². The molecular weight excluding hydrogens is 381 g/mol. The molecule has 10 heteroatoms. The highest BCUT2D eigenvalue weighted by molar-refractivity contribution is 7.89. The van der Waals surface area contributed by atoms with E-state index in [4.69, 9.17) is 11.6 Å². The van der Waals surface area contributed by atoms with Crippen LogP contribution >= 0.6 is 11.6 Å². The number of rotatable bonds is 4. The van der Waals surface area contributed by atoms with Crippen LogP contribution in [0.3, 0.4) is 0 Å². The maximum Gasteiger partial charge on any atom is 0.409 e. The van der Waals surface area contributed by atoms with Crippen LogP contribution in [0.5, 0.6) is 0 Å². The van der Waals surface area contributed by atoms with E-state index >= 15 is 0 Å². The molecule has 0 amide bonds. The van der Waals surface area contributed by atoms with E-state index in [0.29, 0.717) is 0 Å². The van der Waals surface area contributed by atoms with Gasteiger partial charge in [-0.05, 0) is 23.8 Å². The van der Waals surface area contributed by atoms with Gasteiger partial charge in [0.15, 0.2) is 0 Å². The standard InChI is InChI=1S/C15H14ClF3N2O3S/c1-20-9-12(7-8-13(20)22)25(23,24)21(2)14(15(17,18)19)10-3-5-11(16)6-4-10/h3-9,14H,1-2H3/t14-/m1/s1. The molecule has 2 aromatic rings. The van der Waals surface area contributed by atoms with Crippen molar-refractivity contribution >= 4 is 21.6 Å². The molecule has 136 valence electrons. The van der Waals surface area contributed by atoms with Crippen molar-refractivity contribution in [2.24, 2.45) is 7.05 Å². The molecule has 25 heavy (non-hydrogen) atoms. The van der Waals surface area contributed by atoms with Crippen LogP contribution in [0.2, 0.25) is 5.02 Å². The molecule has 0 aliphatic heterocycles. The number of halogens is 4. The van der Waals surface area contributed by atoms with Crippen molar-refractivity contribution in [2.75, 3.05) is 7.05 Å². The van der Waals surface area contributed by atoms with Crippen molar-refractivity contribution in [2.45, 2.75) is 17.1 Å². The predicted molar refractivity (Wildman–Crippen MR) is 86.9 cm³/mol. The normalized spacial score (nSPS) is 13.9. The van der Waals surface area contributed by atoms with Crippen molar-refractivity contribution in [3.05, 3.63) is 63.5 Å². The number of nitrogens with zero attached hydrogens (tertiary/aromatic N) is 2. The lowest BCUT2D eigenvalue weighted by atomic mass is 10.1. The molecule has 1 aromatic heterocycles. The quantitative estimate of drug-likeness (QED) is 0.801. The Balaban J connectivity index is 2.55. The van der Waals surface area contributed by atoms with Crippen LogP contribution in [0, 0.1) is 0 Å². The summed E-state index contributed by atoms with van der Waals surface area (Å²) in [5.41, 5.74) is -0.750. The van der Waals surface area contributed by atoms with Crippen molar-refractivity contribution in [1.82, 2.24) is 8.87 Å². The molecule has 1 heterocycles. The number of hydrogen-bond acceptors (Lipinski definition) is 3. The fourth-order valence-corrected chi connectivity index (χ4v) is 3.78. The Kier molecular flexibility index (Phi) is 5.31. The smallest absolute Gasteiger partial charge is 0.317 e. The zero-order valence-electron chi connectivity index (χ0n) is 13.2. The molecule has 2 rings (SSSR count). The van der Waals surface area contributed by atoms with E-state index < -0.39 is 32.7 Å². The third kappa shape index (κ3) is 4.05. The Bertz CT molecular complexity index is 924. The molecule has 0 fully saturated rings. The summed E-state index contributed by atoms with van der Waals surface area (Å²) >= 11 is 5.68. The van der Waals surface area contributed by atoms with E-state index in [1.165, 1.54) is 19.2 Å². The minimum Gasteiger partial charge on any atom is -0.317 e. The van der Waals surface area contributed by atoms with E-state index in [1.54, 1.807) is 0 Å². The first-order valence-corrected chi connectivity index (χ1v) is 8.73.